The highest BCUT2D eigenvalue weighted by atomic mass is 32.2. The number of carbonyl (C=O) groups excluding carboxylic acids is 2. The molecule has 2 heterocycles. The molecule has 0 aliphatic rings. The van der Waals surface area contributed by atoms with Gasteiger partial charge in [0.05, 0.1) is 11.9 Å². The third-order valence-electron chi connectivity index (χ3n) is 3.00. The average molecular weight is 334 g/mol. The number of carbonyl (C=O) groups is 2. The molecule has 0 fully saturated rings. The maximum absolute atomic E-state index is 12.2. The van der Waals surface area contributed by atoms with Crippen LogP contribution in [0, 0.1) is 0 Å². The number of hydrogen-bond acceptors (Lipinski definition) is 5. The lowest BCUT2D eigenvalue weighted by atomic mass is 10.2. The number of aromatic nitrogens is 3. The van der Waals surface area contributed by atoms with E-state index in [4.69, 9.17) is 5.73 Å². The number of thioether (sulfide) groups is 1. The van der Waals surface area contributed by atoms with Crippen LogP contribution in [0.25, 0.3) is 5.82 Å². The highest BCUT2D eigenvalue weighted by molar-refractivity contribution is 7.98. The van der Waals surface area contributed by atoms with E-state index in [0.29, 0.717) is 17.9 Å². The summed E-state index contributed by atoms with van der Waals surface area (Å²) < 4.78 is 1.61. The monoisotopic (exact) mass is 334 g/mol. The summed E-state index contributed by atoms with van der Waals surface area (Å²) in [7, 11) is 0. The molecule has 0 aromatic carbocycles. The minimum Gasteiger partial charge on any atom is -0.352 e. The number of nitrogens with one attached hydrogen (secondary N) is 2. The maximum Gasteiger partial charge on any atom is 0.312 e. The van der Waals surface area contributed by atoms with Gasteiger partial charge in [-0.05, 0) is 36.6 Å². The van der Waals surface area contributed by atoms with Crippen molar-refractivity contribution in [2.45, 2.75) is 12.5 Å². The van der Waals surface area contributed by atoms with E-state index in [1.54, 1.807) is 47.0 Å². The first-order valence-corrected chi connectivity index (χ1v) is 8.31. The molecule has 8 nitrogen and oxygen atoms in total. The van der Waals surface area contributed by atoms with Gasteiger partial charge in [0.1, 0.15) is 6.04 Å². The van der Waals surface area contributed by atoms with Crippen LogP contribution in [0.1, 0.15) is 6.42 Å². The summed E-state index contributed by atoms with van der Waals surface area (Å²) in [6.45, 7) is 0. The van der Waals surface area contributed by atoms with E-state index in [1.165, 1.54) is 6.20 Å². The Balaban J connectivity index is 2.01. The van der Waals surface area contributed by atoms with Gasteiger partial charge in [0.15, 0.2) is 5.82 Å². The molecule has 2 aromatic heterocycles. The van der Waals surface area contributed by atoms with Gasteiger partial charge in [0.2, 0.25) is 5.91 Å². The average Bonchev–Trinajstić information content (AvgIpc) is 3.06. The quantitative estimate of drug-likeness (QED) is 0.698. The van der Waals surface area contributed by atoms with Gasteiger partial charge in [-0.25, -0.2) is 14.5 Å². The van der Waals surface area contributed by atoms with E-state index in [1.807, 2.05) is 6.26 Å². The fourth-order valence-electron chi connectivity index (χ4n) is 1.91. The van der Waals surface area contributed by atoms with Crippen LogP contribution in [-0.4, -0.2) is 44.8 Å². The number of pyridine rings is 1. The van der Waals surface area contributed by atoms with E-state index in [-0.39, 0.29) is 5.91 Å². The van der Waals surface area contributed by atoms with Crippen LogP contribution >= 0.6 is 11.8 Å². The second kappa shape index (κ2) is 8.18. The minimum atomic E-state index is -0.724. The lowest BCUT2D eigenvalue weighted by molar-refractivity contribution is -0.117. The molecule has 0 unspecified atom stereocenters. The predicted molar refractivity (Wildman–Crippen MR) is 89.5 cm³/mol. The molecule has 0 saturated heterocycles. The summed E-state index contributed by atoms with van der Waals surface area (Å²) in [4.78, 5) is 27.5. The Labute approximate surface area is 137 Å². The van der Waals surface area contributed by atoms with E-state index in [2.05, 4.69) is 20.7 Å². The van der Waals surface area contributed by atoms with Crippen LogP contribution in [0.5, 0.6) is 0 Å². The molecule has 0 spiro atoms. The predicted octanol–water partition coefficient (Wildman–Crippen LogP) is 0.996. The molecule has 0 bridgehead atoms. The Morgan fingerprint density at radius 2 is 2.26 bits per heavy atom. The van der Waals surface area contributed by atoms with Crippen molar-refractivity contribution in [3.63, 3.8) is 0 Å². The van der Waals surface area contributed by atoms with Crippen molar-refractivity contribution in [1.82, 2.24) is 20.1 Å². The molecule has 0 aliphatic heterocycles. The lowest BCUT2D eigenvalue weighted by Crippen LogP contribution is -2.46. The topological polar surface area (TPSA) is 115 Å². The van der Waals surface area contributed by atoms with Crippen molar-refractivity contribution in [2.24, 2.45) is 5.73 Å². The summed E-state index contributed by atoms with van der Waals surface area (Å²) in [6, 6.07) is 3.85. The summed E-state index contributed by atoms with van der Waals surface area (Å²) in [6.07, 6.45) is 7.38. The fourth-order valence-corrected chi connectivity index (χ4v) is 2.38. The Morgan fingerprint density at radius 3 is 2.83 bits per heavy atom. The molecule has 2 aromatic rings. The molecule has 9 heteroatoms. The highest BCUT2D eigenvalue weighted by Crippen LogP contribution is 2.10. The number of nitrogens with two attached hydrogens (primary N) is 1. The molecule has 3 amide bonds. The van der Waals surface area contributed by atoms with Crippen LogP contribution in [0.4, 0.5) is 10.5 Å². The zero-order valence-electron chi connectivity index (χ0n) is 12.6. The van der Waals surface area contributed by atoms with Crippen molar-refractivity contribution in [2.75, 3.05) is 17.3 Å². The number of anilines is 1. The van der Waals surface area contributed by atoms with Crippen molar-refractivity contribution in [3.05, 3.63) is 36.8 Å². The highest BCUT2D eigenvalue weighted by Gasteiger charge is 2.19. The number of hydrogen-bond donors (Lipinski definition) is 3. The second-order valence-corrected chi connectivity index (χ2v) is 5.67. The van der Waals surface area contributed by atoms with E-state index < -0.39 is 12.1 Å². The van der Waals surface area contributed by atoms with Crippen LogP contribution < -0.4 is 16.4 Å². The van der Waals surface area contributed by atoms with Gasteiger partial charge in [-0.15, -0.1) is 0 Å². The Bertz CT molecular complexity index is 644. The number of primary amides is 1. The standard InChI is InChI=1S/C14H18N6O2S/c1-23-8-5-11(19-14(15)22)13(21)18-10-3-4-12(16-9-10)20-7-2-6-17-20/h2-4,6-7,9,11H,5,8H2,1H3,(H,18,21)(H3,15,19,22)/t11-/m0/s1. The van der Waals surface area contributed by atoms with Gasteiger partial charge >= 0.3 is 6.03 Å². The van der Waals surface area contributed by atoms with E-state index in [9.17, 15) is 9.59 Å². The smallest absolute Gasteiger partial charge is 0.312 e. The van der Waals surface area contributed by atoms with Crippen molar-refractivity contribution < 1.29 is 9.59 Å². The molecule has 4 N–H and O–H groups in total. The minimum absolute atomic E-state index is 0.327. The van der Waals surface area contributed by atoms with Gasteiger partial charge in [-0.1, -0.05) is 0 Å². The Hall–Kier alpha value is -2.55. The fraction of sp³-hybridized carbons (Fsp3) is 0.286. The number of nitrogens with zero attached hydrogens (tertiary/aromatic N) is 3. The van der Waals surface area contributed by atoms with Crippen molar-refractivity contribution >= 4 is 29.4 Å². The molecule has 0 radical (unpaired) electrons. The molecule has 122 valence electrons. The van der Waals surface area contributed by atoms with Gasteiger partial charge in [0, 0.05) is 12.4 Å². The molecular formula is C14H18N6O2S. The third-order valence-corrected chi connectivity index (χ3v) is 3.64. The zero-order valence-corrected chi connectivity index (χ0v) is 13.4. The summed E-state index contributed by atoms with van der Waals surface area (Å²) >= 11 is 1.59. The zero-order chi connectivity index (χ0) is 16.7. The number of rotatable bonds is 7. The Kier molecular flexibility index (Phi) is 5.98. The Morgan fingerprint density at radius 1 is 1.43 bits per heavy atom. The first-order valence-electron chi connectivity index (χ1n) is 6.92. The van der Waals surface area contributed by atoms with Gasteiger partial charge in [0.25, 0.3) is 0 Å². The van der Waals surface area contributed by atoms with Crippen molar-refractivity contribution in [3.8, 4) is 5.82 Å². The molecule has 0 saturated carbocycles. The maximum atomic E-state index is 12.2. The second-order valence-electron chi connectivity index (χ2n) is 4.69. The van der Waals surface area contributed by atoms with Gasteiger partial charge < -0.3 is 16.4 Å². The van der Waals surface area contributed by atoms with Gasteiger partial charge in [-0.2, -0.15) is 16.9 Å². The molecule has 1 atom stereocenters. The largest absolute Gasteiger partial charge is 0.352 e. The third kappa shape index (κ3) is 4.99. The van der Waals surface area contributed by atoms with Crippen LogP contribution in [0.15, 0.2) is 36.8 Å². The molecule has 0 aliphatic carbocycles. The summed E-state index contributed by atoms with van der Waals surface area (Å²) in [5, 5.41) is 9.24. The number of amides is 3. The van der Waals surface area contributed by atoms with E-state index >= 15 is 0 Å². The first kappa shape index (κ1) is 16.8. The van der Waals surface area contributed by atoms with Crippen LogP contribution in [0.2, 0.25) is 0 Å². The summed E-state index contributed by atoms with van der Waals surface area (Å²) in [5.41, 5.74) is 5.65. The van der Waals surface area contributed by atoms with Crippen LogP contribution in [-0.2, 0) is 4.79 Å². The SMILES string of the molecule is CSCC[C@H](NC(N)=O)C(=O)Nc1ccc(-n2cccn2)nc1. The van der Waals surface area contributed by atoms with E-state index in [0.717, 1.165) is 5.75 Å². The number of urea groups is 1. The first-order chi connectivity index (χ1) is 11.1. The van der Waals surface area contributed by atoms with Crippen LogP contribution in [0.3, 0.4) is 0 Å². The summed E-state index contributed by atoms with van der Waals surface area (Å²) in [5.74, 6) is 1.04. The van der Waals surface area contributed by atoms with Crippen molar-refractivity contribution in [1.29, 1.82) is 0 Å². The van der Waals surface area contributed by atoms with Gasteiger partial charge in [-0.3, -0.25) is 4.79 Å². The molecule has 2 rings (SSSR count). The molecular weight excluding hydrogens is 316 g/mol. The lowest BCUT2D eigenvalue weighted by Gasteiger charge is -2.16. The molecule has 23 heavy (non-hydrogen) atoms. The normalized spacial score (nSPS) is 11.7.